The lowest BCUT2D eigenvalue weighted by molar-refractivity contribution is -0.112. The highest BCUT2D eigenvalue weighted by Gasteiger charge is 2.25. The molecule has 2 aromatic carbocycles. The fourth-order valence-electron chi connectivity index (χ4n) is 3.55. The number of aryl methyl sites for hydroxylation is 2. The third kappa shape index (κ3) is 3.80. The number of hydrogen-bond acceptors (Lipinski definition) is 2. The van der Waals surface area contributed by atoms with Crippen molar-refractivity contribution in [1.82, 2.24) is 4.40 Å². The minimum atomic E-state index is -0.672. The topological polar surface area (TPSA) is 50.6 Å². The minimum Gasteiger partial charge on any atom is -0.319 e. The van der Waals surface area contributed by atoms with Crippen LogP contribution in [0.4, 0.5) is 5.69 Å². The number of fused-ring (bicyclic) bond motifs is 1. The molecule has 0 fully saturated rings. The van der Waals surface area contributed by atoms with Crippen molar-refractivity contribution in [2.24, 2.45) is 0 Å². The highest BCUT2D eigenvalue weighted by Crippen LogP contribution is 2.29. The number of pyridine rings is 1. The number of carbonyl (C=O) groups is 2. The molecule has 0 aliphatic heterocycles. The normalized spacial score (nSPS) is 10.9. The first-order valence-corrected chi connectivity index (χ1v) is 9.60. The van der Waals surface area contributed by atoms with Gasteiger partial charge in [0.1, 0.15) is 5.69 Å². The molecule has 144 valence electrons. The molecule has 1 amide bonds. The Balaban J connectivity index is 1.77. The predicted molar refractivity (Wildman–Crippen MR) is 117 cm³/mol. The molecule has 2 aromatic heterocycles. The molecule has 29 heavy (non-hydrogen) atoms. The summed E-state index contributed by atoms with van der Waals surface area (Å²) in [6.07, 6.45) is 1.78. The SMILES string of the molecule is Cc1cc(C)cc(NC(=O)C(=O)c2c(-c3ccc(Cl)cc3)cc3ccccn23)c1. The zero-order valence-electron chi connectivity index (χ0n) is 16.1. The van der Waals surface area contributed by atoms with Crippen molar-refractivity contribution in [3.8, 4) is 11.1 Å². The van der Waals surface area contributed by atoms with Gasteiger partial charge < -0.3 is 9.72 Å². The molecule has 0 bridgehead atoms. The summed E-state index contributed by atoms with van der Waals surface area (Å²) in [4.78, 5) is 26.0. The number of hydrogen-bond donors (Lipinski definition) is 1. The van der Waals surface area contributed by atoms with E-state index in [1.165, 1.54) is 0 Å². The van der Waals surface area contributed by atoms with Gasteiger partial charge in [-0.25, -0.2) is 0 Å². The Morgan fingerprint density at radius 2 is 1.59 bits per heavy atom. The molecule has 0 saturated carbocycles. The zero-order valence-corrected chi connectivity index (χ0v) is 16.8. The molecule has 5 heteroatoms. The van der Waals surface area contributed by atoms with Crippen LogP contribution in [-0.2, 0) is 4.79 Å². The van der Waals surface area contributed by atoms with Gasteiger partial charge in [0.15, 0.2) is 0 Å². The molecule has 0 aliphatic rings. The smallest absolute Gasteiger partial charge is 0.298 e. The molecule has 0 spiro atoms. The van der Waals surface area contributed by atoms with E-state index in [1.807, 2.05) is 68.4 Å². The number of halogens is 1. The van der Waals surface area contributed by atoms with Gasteiger partial charge in [-0.2, -0.15) is 0 Å². The summed E-state index contributed by atoms with van der Waals surface area (Å²) in [5.41, 5.74) is 5.30. The number of ketones is 1. The second kappa shape index (κ2) is 7.57. The summed E-state index contributed by atoms with van der Waals surface area (Å²) in [7, 11) is 0. The molecular formula is C24H19ClN2O2. The van der Waals surface area contributed by atoms with Crippen LogP contribution in [0.25, 0.3) is 16.6 Å². The lowest BCUT2D eigenvalue weighted by Gasteiger charge is -2.09. The maximum absolute atomic E-state index is 13.2. The monoisotopic (exact) mass is 402 g/mol. The summed E-state index contributed by atoms with van der Waals surface area (Å²) in [5.74, 6) is -1.27. The van der Waals surface area contributed by atoms with Crippen LogP contribution in [0.1, 0.15) is 21.6 Å². The van der Waals surface area contributed by atoms with Crippen molar-refractivity contribution < 1.29 is 9.59 Å². The quantitative estimate of drug-likeness (QED) is 0.351. The van der Waals surface area contributed by atoms with Gasteiger partial charge in [0.25, 0.3) is 11.7 Å². The molecule has 0 unspecified atom stereocenters. The van der Waals surface area contributed by atoms with E-state index in [-0.39, 0.29) is 0 Å². The molecule has 0 aliphatic carbocycles. The number of anilines is 1. The second-order valence-electron chi connectivity index (χ2n) is 7.07. The average molecular weight is 403 g/mol. The highest BCUT2D eigenvalue weighted by molar-refractivity contribution is 6.47. The zero-order chi connectivity index (χ0) is 20.5. The summed E-state index contributed by atoms with van der Waals surface area (Å²) in [5, 5.41) is 3.35. The lowest BCUT2D eigenvalue weighted by Crippen LogP contribution is -2.24. The van der Waals surface area contributed by atoms with Crippen LogP contribution < -0.4 is 5.32 Å². The largest absolute Gasteiger partial charge is 0.319 e. The molecular weight excluding hydrogens is 384 g/mol. The van der Waals surface area contributed by atoms with Gasteiger partial charge in [0, 0.05) is 28.0 Å². The van der Waals surface area contributed by atoms with Crippen molar-refractivity contribution in [3.63, 3.8) is 0 Å². The second-order valence-corrected chi connectivity index (χ2v) is 7.51. The molecule has 0 saturated heterocycles. The Morgan fingerprint density at radius 3 is 2.28 bits per heavy atom. The van der Waals surface area contributed by atoms with Crippen LogP contribution in [0.3, 0.4) is 0 Å². The maximum atomic E-state index is 13.2. The van der Waals surface area contributed by atoms with E-state index in [9.17, 15) is 9.59 Å². The Labute approximate surface area is 173 Å². The Bertz CT molecular complexity index is 1220. The van der Waals surface area contributed by atoms with Crippen LogP contribution >= 0.6 is 11.6 Å². The molecule has 4 nitrogen and oxygen atoms in total. The van der Waals surface area contributed by atoms with Gasteiger partial charge in [-0.05, 0) is 73.0 Å². The fourth-order valence-corrected chi connectivity index (χ4v) is 3.67. The van der Waals surface area contributed by atoms with E-state index in [0.717, 1.165) is 22.2 Å². The first kappa shape index (κ1) is 19.0. The molecule has 1 N–H and O–H groups in total. The van der Waals surface area contributed by atoms with Crippen molar-refractivity contribution in [2.45, 2.75) is 13.8 Å². The average Bonchev–Trinajstić information content (AvgIpc) is 3.06. The van der Waals surface area contributed by atoms with Gasteiger partial charge in [-0.3, -0.25) is 9.59 Å². The first-order valence-electron chi connectivity index (χ1n) is 9.22. The molecule has 0 radical (unpaired) electrons. The molecule has 4 aromatic rings. The van der Waals surface area contributed by atoms with Gasteiger partial charge in [0.05, 0.1) is 0 Å². The number of Topliss-reactive ketones (excluding diaryl/α,β-unsaturated/α-hetero) is 1. The summed E-state index contributed by atoms with van der Waals surface area (Å²) < 4.78 is 1.74. The number of carbonyl (C=O) groups excluding carboxylic acids is 2. The van der Waals surface area contributed by atoms with Crippen molar-refractivity contribution in [1.29, 1.82) is 0 Å². The summed E-state index contributed by atoms with van der Waals surface area (Å²) in [6, 6.07) is 20.4. The number of rotatable bonds is 4. The summed E-state index contributed by atoms with van der Waals surface area (Å²) in [6.45, 7) is 3.90. The van der Waals surface area contributed by atoms with E-state index >= 15 is 0 Å². The Hall–Kier alpha value is -3.37. The van der Waals surface area contributed by atoms with Crippen molar-refractivity contribution in [3.05, 3.63) is 94.8 Å². The van der Waals surface area contributed by atoms with E-state index < -0.39 is 11.7 Å². The minimum absolute atomic E-state index is 0.324. The highest BCUT2D eigenvalue weighted by atomic mass is 35.5. The van der Waals surface area contributed by atoms with Crippen molar-refractivity contribution in [2.75, 3.05) is 5.32 Å². The standard InChI is InChI=1S/C24H19ClN2O2/c1-15-11-16(2)13-19(12-15)26-24(29)23(28)22-21(17-6-8-18(25)9-7-17)14-20-5-3-4-10-27(20)22/h3-14H,1-2H3,(H,26,29). The van der Waals surface area contributed by atoms with Crippen LogP contribution in [-0.4, -0.2) is 16.1 Å². The van der Waals surface area contributed by atoms with Crippen molar-refractivity contribution >= 4 is 34.5 Å². The number of nitrogens with one attached hydrogen (secondary N) is 1. The van der Waals surface area contributed by atoms with Gasteiger partial charge in [-0.15, -0.1) is 0 Å². The number of aromatic nitrogens is 1. The Morgan fingerprint density at radius 1 is 0.897 bits per heavy atom. The van der Waals surface area contributed by atoms with Crippen LogP contribution in [0.15, 0.2) is 72.9 Å². The van der Waals surface area contributed by atoms with Gasteiger partial charge in [0.2, 0.25) is 0 Å². The Kier molecular flexibility index (Phi) is 4.95. The third-order valence-corrected chi connectivity index (χ3v) is 4.99. The summed E-state index contributed by atoms with van der Waals surface area (Å²) >= 11 is 6.01. The first-order chi connectivity index (χ1) is 13.9. The van der Waals surface area contributed by atoms with E-state index in [4.69, 9.17) is 11.6 Å². The van der Waals surface area contributed by atoms with E-state index in [1.54, 1.807) is 22.7 Å². The van der Waals surface area contributed by atoms with Gasteiger partial charge >= 0.3 is 0 Å². The molecule has 4 rings (SSSR count). The van der Waals surface area contributed by atoms with Crippen LogP contribution in [0.5, 0.6) is 0 Å². The lowest BCUT2D eigenvalue weighted by atomic mass is 10.0. The van der Waals surface area contributed by atoms with Gasteiger partial charge in [-0.1, -0.05) is 35.9 Å². The van der Waals surface area contributed by atoms with Crippen LogP contribution in [0.2, 0.25) is 5.02 Å². The molecule has 0 atom stereocenters. The number of amides is 1. The third-order valence-electron chi connectivity index (χ3n) is 4.74. The van der Waals surface area contributed by atoms with E-state index in [0.29, 0.717) is 22.0 Å². The number of nitrogens with zero attached hydrogens (tertiary/aromatic N) is 1. The van der Waals surface area contributed by atoms with E-state index in [2.05, 4.69) is 5.32 Å². The van der Waals surface area contributed by atoms with Crippen LogP contribution in [0, 0.1) is 13.8 Å². The molecule has 2 heterocycles. The fraction of sp³-hybridized carbons (Fsp3) is 0.0833. The number of benzene rings is 2. The predicted octanol–water partition coefficient (Wildman–Crippen LogP) is 5.70. The maximum Gasteiger partial charge on any atom is 0.298 e.